The topological polar surface area (TPSA) is 27.7 Å². The number of ether oxygens (including phenoxy) is 3. The molecule has 0 atom stereocenters. The van der Waals surface area contributed by atoms with Crippen molar-refractivity contribution >= 4 is 0 Å². The lowest BCUT2D eigenvalue weighted by molar-refractivity contribution is -0.00430. The van der Waals surface area contributed by atoms with Crippen LogP contribution in [0.25, 0.3) is 0 Å². The summed E-state index contributed by atoms with van der Waals surface area (Å²) in [5, 5.41) is 0. The summed E-state index contributed by atoms with van der Waals surface area (Å²) in [5.41, 5.74) is 0. The highest BCUT2D eigenvalue weighted by Crippen LogP contribution is 2.15. The molecule has 0 bridgehead atoms. The van der Waals surface area contributed by atoms with Crippen molar-refractivity contribution in [3.8, 4) is 0 Å². The molecule has 0 spiro atoms. The molecule has 0 rings (SSSR count). The van der Waals surface area contributed by atoms with Gasteiger partial charge in [0.15, 0.2) is 0 Å². The minimum Gasteiger partial charge on any atom is -0.466 e. The van der Waals surface area contributed by atoms with Gasteiger partial charge in [-0.1, -0.05) is 181 Å². The molecule has 39 heavy (non-hydrogen) atoms. The first-order valence-corrected chi connectivity index (χ1v) is 17.5. The molecular formula is C36H70O3. The molecule has 232 valence electrons. The standard InChI is InChI=1S/C36H70O3/c1-5-7-9-11-13-15-17-19-21-23-25-27-29-31-33-37-35(3)39-36(4)38-34-32-30-28-26-24-22-20-18-16-14-12-10-8-6-2/h3-34H2,1-2H3. The molecule has 0 saturated carbocycles. The zero-order valence-electron chi connectivity index (χ0n) is 26.9. The zero-order chi connectivity index (χ0) is 28.5. The Bertz CT molecular complexity index is 458. The van der Waals surface area contributed by atoms with Gasteiger partial charge in [-0.05, 0) is 26.0 Å². The fraction of sp³-hybridized carbons (Fsp3) is 0.889. The van der Waals surface area contributed by atoms with Crippen LogP contribution in [0.2, 0.25) is 0 Å². The van der Waals surface area contributed by atoms with Gasteiger partial charge in [0.1, 0.15) is 0 Å². The molecule has 0 N–H and O–H groups in total. The first-order valence-electron chi connectivity index (χ1n) is 17.5. The van der Waals surface area contributed by atoms with Crippen molar-refractivity contribution in [1.82, 2.24) is 0 Å². The molecule has 0 radical (unpaired) electrons. The molecule has 0 aromatic heterocycles. The lowest BCUT2D eigenvalue weighted by Gasteiger charge is -2.13. The summed E-state index contributed by atoms with van der Waals surface area (Å²) in [5.74, 6) is 0.603. The molecule has 0 aliphatic rings. The molecule has 0 saturated heterocycles. The molecule has 0 unspecified atom stereocenters. The second-order valence-corrected chi connectivity index (χ2v) is 11.7. The summed E-state index contributed by atoms with van der Waals surface area (Å²) < 4.78 is 16.6. The van der Waals surface area contributed by atoms with Crippen LogP contribution in [0.5, 0.6) is 0 Å². The zero-order valence-corrected chi connectivity index (χ0v) is 26.9. The Kier molecular flexibility index (Phi) is 32.1. The van der Waals surface area contributed by atoms with E-state index >= 15 is 0 Å². The first-order chi connectivity index (χ1) is 19.2. The third-order valence-corrected chi connectivity index (χ3v) is 7.75. The highest BCUT2D eigenvalue weighted by molar-refractivity contribution is 4.79. The van der Waals surface area contributed by atoms with E-state index in [0.29, 0.717) is 25.1 Å². The normalized spacial score (nSPS) is 11.0. The van der Waals surface area contributed by atoms with Gasteiger partial charge in [0.05, 0.1) is 13.2 Å². The average Bonchev–Trinajstić information content (AvgIpc) is 2.93. The number of hydrogen-bond acceptors (Lipinski definition) is 3. The van der Waals surface area contributed by atoms with Crippen LogP contribution in [0.15, 0.2) is 25.0 Å². The molecule has 0 fully saturated rings. The molecule has 3 nitrogen and oxygen atoms in total. The van der Waals surface area contributed by atoms with Gasteiger partial charge in [0, 0.05) is 0 Å². The third kappa shape index (κ3) is 33.0. The van der Waals surface area contributed by atoms with Crippen LogP contribution in [-0.4, -0.2) is 13.2 Å². The van der Waals surface area contributed by atoms with Gasteiger partial charge < -0.3 is 14.2 Å². The Morgan fingerprint density at radius 2 is 0.538 bits per heavy atom. The summed E-state index contributed by atoms with van der Waals surface area (Å²) in [6.07, 6.45) is 38.0. The van der Waals surface area contributed by atoms with Crippen molar-refractivity contribution in [2.24, 2.45) is 0 Å². The van der Waals surface area contributed by atoms with Crippen LogP contribution in [0, 0.1) is 0 Å². The Labute approximate surface area is 245 Å². The predicted octanol–water partition coefficient (Wildman–Crippen LogP) is 12.9. The van der Waals surface area contributed by atoms with Crippen LogP contribution in [0.3, 0.4) is 0 Å². The first kappa shape index (κ1) is 37.9. The van der Waals surface area contributed by atoms with E-state index < -0.39 is 0 Å². The van der Waals surface area contributed by atoms with E-state index in [2.05, 4.69) is 27.0 Å². The van der Waals surface area contributed by atoms with Crippen molar-refractivity contribution in [2.75, 3.05) is 13.2 Å². The van der Waals surface area contributed by atoms with Crippen LogP contribution >= 0.6 is 0 Å². The quantitative estimate of drug-likeness (QED) is 0.0589. The molecule has 0 heterocycles. The number of unbranched alkanes of at least 4 members (excludes halogenated alkanes) is 26. The minimum atomic E-state index is 0.302. The molecule has 0 aliphatic carbocycles. The highest BCUT2D eigenvalue weighted by atomic mass is 16.7. The fourth-order valence-electron chi connectivity index (χ4n) is 5.15. The Hall–Kier alpha value is -1.12. The van der Waals surface area contributed by atoms with Crippen molar-refractivity contribution in [3.05, 3.63) is 25.0 Å². The largest absolute Gasteiger partial charge is 0.466 e. The minimum absolute atomic E-state index is 0.302. The Morgan fingerprint density at radius 3 is 0.769 bits per heavy atom. The maximum absolute atomic E-state index is 5.59. The summed E-state index contributed by atoms with van der Waals surface area (Å²) in [6, 6.07) is 0. The predicted molar refractivity (Wildman–Crippen MR) is 172 cm³/mol. The smallest absolute Gasteiger partial charge is 0.279 e. The van der Waals surface area contributed by atoms with Crippen molar-refractivity contribution in [3.63, 3.8) is 0 Å². The van der Waals surface area contributed by atoms with E-state index in [4.69, 9.17) is 14.2 Å². The summed E-state index contributed by atoms with van der Waals surface area (Å²) in [4.78, 5) is 0. The van der Waals surface area contributed by atoms with Gasteiger partial charge in [0.25, 0.3) is 11.9 Å². The molecule has 0 aromatic carbocycles. The van der Waals surface area contributed by atoms with Gasteiger partial charge in [-0.3, -0.25) is 0 Å². The van der Waals surface area contributed by atoms with Gasteiger partial charge in [0.2, 0.25) is 0 Å². The lowest BCUT2D eigenvalue weighted by atomic mass is 10.0. The van der Waals surface area contributed by atoms with Crippen LogP contribution < -0.4 is 0 Å². The summed E-state index contributed by atoms with van der Waals surface area (Å²) >= 11 is 0. The Balaban J connectivity index is 3.27. The van der Waals surface area contributed by atoms with E-state index in [0.717, 1.165) is 12.8 Å². The van der Waals surface area contributed by atoms with Gasteiger partial charge in [-0.2, -0.15) is 0 Å². The van der Waals surface area contributed by atoms with E-state index in [9.17, 15) is 0 Å². The van der Waals surface area contributed by atoms with E-state index in [-0.39, 0.29) is 0 Å². The lowest BCUT2D eigenvalue weighted by Crippen LogP contribution is -2.02. The highest BCUT2D eigenvalue weighted by Gasteiger charge is 2.02. The van der Waals surface area contributed by atoms with Crippen molar-refractivity contribution in [1.29, 1.82) is 0 Å². The SMILES string of the molecule is C=C(OCCCCCCCCCCCCCCCC)OC(=C)OCCCCCCCCCCCCCCCC. The van der Waals surface area contributed by atoms with Gasteiger partial charge in [-0.25, -0.2) is 0 Å². The molecule has 0 aromatic rings. The second-order valence-electron chi connectivity index (χ2n) is 11.7. The van der Waals surface area contributed by atoms with Crippen molar-refractivity contribution < 1.29 is 14.2 Å². The molecule has 3 heteroatoms. The summed E-state index contributed by atoms with van der Waals surface area (Å²) in [7, 11) is 0. The number of hydrogen-bond donors (Lipinski definition) is 0. The number of rotatable bonds is 34. The van der Waals surface area contributed by atoms with Gasteiger partial charge in [-0.15, -0.1) is 0 Å². The Morgan fingerprint density at radius 1 is 0.333 bits per heavy atom. The van der Waals surface area contributed by atoms with E-state index in [1.807, 2.05) is 0 Å². The van der Waals surface area contributed by atoms with Crippen LogP contribution in [0.1, 0.15) is 194 Å². The maximum atomic E-state index is 5.59. The fourth-order valence-corrected chi connectivity index (χ4v) is 5.15. The third-order valence-electron chi connectivity index (χ3n) is 7.75. The molecule has 0 aliphatic heterocycles. The van der Waals surface area contributed by atoms with Crippen LogP contribution in [-0.2, 0) is 14.2 Å². The maximum Gasteiger partial charge on any atom is 0.279 e. The molecule has 0 amide bonds. The van der Waals surface area contributed by atoms with Crippen molar-refractivity contribution in [2.45, 2.75) is 194 Å². The second kappa shape index (κ2) is 33.1. The molecular weight excluding hydrogens is 480 g/mol. The van der Waals surface area contributed by atoms with E-state index in [1.54, 1.807) is 0 Å². The monoisotopic (exact) mass is 551 g/mol. The van der Waals surface area contributed by atoms with Crippen LogP contribution in [0.4, 0.5) is 0 Å². The average molecular weight is 551 g/mol. The summed E-state index contributed by atoms with van der Waals surface area (Å²) in [6.45, 7) is 13.6. The van der Waals surface area contributed by atoms with E-state index in [1.165, 1.54) is 167 Å². The van der Waals surface area contributed by atoms with Gasteiger partial charge >= 0.3 is 0 Å².